The number of para-hydroxylation sites is 1. The minimum absolute atomic E-state index is 0.907. The normalized spacial score (nSPS) is 11.7. The maximum atomic E-state index is 6.48. The Balaban J connectivity index is 1.06. The molecule has 0 saturated carbocycles. The van der Waals surface area contributed by atoms with Crippen molar-refractivity contribution >= 4 is 81.3 Å². The number of fused-ring (bicyclic) bond motifs is 8. The van der Waals surface area contributed by atoms with Crippen LogP contribution < -0.4 is 4.90 Å². The quantitative estimate of drug-likeness (QED) is 0.186. The van der Waals surface area contributed by atoms with Gasteiger partial charge in [0, 0.05) is 53.4 Å². The van der Waals surface area contributed by atoms with Crippen LogP contribution in [-0.4, -0.2) is 0 Å². The van der Waals surface area contributed by atoms with E-state index in [0.717, 1.165) is 50.0 Å². The standard InChI is InChI=1S/C46H29NOS/c1-2-11-33(12-3-1)47(35-27-22-32(23-28-35)37-16-9-19-43-45(37)39-14-6-7-18-42(39)49-43)34-25-20-31(21-26-34)36-15-8-17-41-44(36)40-29-24-30-10-4-5-13-38(30)46(40)48-41/h1-29H. The van der Waals surface area contributed by atoms with Crippen LogP contribution in [-0.2, 0) is 0 Å². The molecule has 0 saturated heterocycles. The summed E-state index contributed by atoms with van der Waals surface area (Å²) in [5, 5.41) is 7.28. The lowest BCUT2D eigenvalue weighted by atomic mass is 9.97. The van der Waals surface area contributed by atoms with Gasteiger partial charge in [-0.05, 0) is 88.3 Å². The predicted molar refractivity (Wildman–Crippen MR) is 210 cm³/mol. The van der Waals surface area contributed by atoms with Gasteiger partial charge in [-0.15, -0.1) is 11.3 Å². The number of rotatable bonds is 5. The Morgan fingerprint density at radius 1 is 0.388 bits per heavy atom. The van der Waals surface area contributed by atoms with Crippen molar-refractivity contribution in [3.05, 3.63) is 176 Å². The number of furan rings is 1. The molecule has 10 aromatic rings. The summed E-state index contributed by atoms with van der Waals surface area (Å²) in [6, 6.07) is 63.1. The summed E-state index contributed by atoms with van der Waals surface area (Å²) < 4.78 is 9.13. The van der Waals surface area contributed by atoms with Gasteiger partial charge in [0.25, 0.3) is 0 Å². The van der Waals surface area contributed by atoms with Gasteiger partial charge < -0.3 is 9.32 Å². The van der Waals surface area contributed by atoms with Gasteiger partial charge in [-0.1, -0.05) is 115 Å². The van der Waals surface area contributed by atoms with Gasteiger partial charge in [0.15, 0.2) is 0 Å². The summed E-state index contributed by atoms with van der Waals surface area (Å²) in [4.78, 5) is 2.33. The van der Waals surface area contributed by atoms with E-state index in [-0.39, 0.29) is 0 Å². The molecule has 8 aromatic carbocycles. The van der Waals surface area contributed by atoms with Crippen molar-refractivity contribution in [2.75, 3.05) is 4.90 Å². The second kappa shape index (κ2) is 11.2. The molecule has 0 unspecified atom stereocenters. The Kier molecular flexibility index (Phi) is 6.39. The largest absolute Gasteiger partial charge is 0.455 e. The van der Waals surface area contributed by atoms with E-state index in [1.165, 1.54) is 42.2 Å². The van der Waals surface area contributed by atoms with Crippen molar-refractivity contribution in [2.24, 2.45) is 0 Å². The SMILES string of the molecule is c1ccc(N(c2ccc(-c3cccc4oc5c6ccccc6ccc5c34)cc2)c2ccc(-c3cccc4sc5ccccc5c34)cc2)cc1. The molecule has 0 atom stereocenters. The Morgan fingerprint density at radius 2 is 0.980 bits per heavy atom. The monoisotopic (exact) mass is 643 g/mol. The van der Waals surface area contributed by atoms with E-state index in [0.29, 0.717) is 0 Å². The van der Waals surface area contributed by atoms with Crippen LogP contribution in [0.2, 0.25) is 0 Å². The number of thiophene rings is 1. The summed E-state index contributed by atoms with van der Waals surface area (Å²) in [6.45, 7) is 0. The van der Waals surface area contributed by atoms with Gasteiger partial charge in [0.1, 0.15) is 11.2 Å². The second-order valence-corrected chi connectivity index (χ2v) is 13.6. The third-order valence-corrected chi connectivity index (χ3v) is 10.8. The fourth-order valence-corrected chi connectivity index (χ4v) is 8.55. The van der Waals surface area contributed by atoms with Crippen LogP contribution in [0.15, 0.2) is 180 Å². The van der Waals surface area contributed by atoms with Crippen molar-refractivity contribution in [3.8, 4) is 22.3 Å². The molecule has 0 N–H and O–H groups in total. The molecule has 230 valence electrons. The number of benzene rings is 8. The maximum absolute atomic E-state index is 6.48. The van der Waals surface area contributed by atoms with E-state index in [2.05, 4.69) is 181 Å². The molecule has 0 amide bonds. The number of nitrogens with zero attached hydrogens (tertiary/aromatic N) is 1. The zero-order chi connectivity index (χ0) is 32.3. The molecule has 2 aromatic heterocycles. The molecule has 0 aliphatic heterocycles. The van der Waals surface area contributed by atoms with Gasteiger partial charge in [0.05, 0.1) is 0 Å². The summed E-state index contributed by atoms with van der Waals surface area (Å²) in [5.41, 5.74) is 9.99. The number of hydrogen-bond donors (Lipinski definition) is 0. The van der Waals surface area contributed by atoms with Crippen LogP contribution in [0.5, 0.6) is 0 Å². The highest BCUT2D eigenvalue weighted by Crippen LogP contribution is 2.43. The zero-order valence-electron chi connectivity index (χ0n) is 26.5. The Labute approximate surface area is 287 Å². The average molecular weight is 644 g/mol. The highest BCUT2D eigenvalue weighted by Gasteiger charge is 2.17. The van der Waals surface area contributed by atoms with Crippen molar-refractivity contribution < 1.29 is 4.42 Å². The lowest BCUT2D eigenvalue weighted by molar-refractivity contribution is 0.673. The highest BCUT2D eigenvalue weighted by molar-refractivity contribution is 7.25. The first kappa shape index (κ1) is 27.9. The Bertz CT molecular complexity index is 2810. The maximum Gasteiger partial charge on any atom is 0.143 e. The molecule has 3 heteroatoms. The molecule has 0 radical (unpaired) electrons. The molecule has 49 heavy (non-hydrogen) atoms. The Morgan fingerprint density at radius 3 is 1.73 bits per heavy atom. The van der Waals surface area contributed by atoms with E-state index in [9.17, 15) is 0 Å². The average Bonchev–Trinajstić information content (AvgIpc) is 3.75. The summed E-state index contributed by atoms with van der Waals surface area (Å²) in [6.07, 6.45) is 0. The van der Waals surface area contributed by atoms with Crippen molar-refractivity contribution in [1.82, 2.24) is 0 Å². The highest BCUT2D eigenvalue weighted by atomic mass is 32.1. The zero-order valence-corrected chi connectivity index (χ0v) is 27.3. The molecular formula is C46H29NOS. The van der Waals surface area contributed by atoms with E-state index >= 15 is 0 Å². The van der Waals surface area contributed by atoms with Gasteiger partial charge in [0.2, 0.25) is 0 Å². The first-order valence-electron chi connectivity index (χ1n) is 16.6. The number of anilines is 3. The third-order valence-electron chi connectivity index (χ3n) is 9.68. The van der Waals surface area contributed by atoms with Crippen LogP contribution in [0.3, 0.4) is 0 Å². The fourth-order valence-electron chi connectivity index (χ4n) is 7.41. The molecule has 10 rings (SSSR count). The predicted octanol–water partition coefficient (Wildman–Crippen LogP) is 13.9. The molecule has 2 heterocycles. The minimum Gasteiger partial charge on any atom is -0.455 e. The van der Waals surface area contributed by atoms with Crippen LogP contribution in [0, 0.1) is 0 Å². The molecular weight excluding hydrogens is 615 g/mol. The number of hydrogen-bond acceptors (Lipinski definition) is 3. The van der Waals surface area contributed by atoms with Gasteiger partial charge in [-0.2, -0.15) is 0 Å². The van der Waals surface area contributed by atoms with Gasteiger partial charge in [-0.25, -0.2) is 0 Å². The van der Waals surface area contributed by atoms with Crippen molar-refractivity contribution in [1.29, 1.82) is 0 Å². The van der Waals surface area contributed by atoms with Crippen LogP contribution >= 0.6 is 11.3 Å². The van der Waals surface area contributed by atoms with Crippen LogP contribution in [0.4, 0.5) is 17.1 Å². The molecule has 2 nitrogen and oxygen atoms in total. The van der Waals surface area contributed by atoms with Gasteiger partial charge >= 0.3 is 0 Å². The van der Waals surface area contributed by atoms with E-state index in [1.807, 2.05) is 11.3 Å². The van der Waals surface area contributed by atoms with Crippen molar-refractivity contribution in [2.45, 2.75) is 0 Å². The first-order valence-corrected chi connectivity index (χ1v) is 17.4. The fraction of sp³-hybridized carbons (Fsp3) is 0. The lowest BCUT2D eigenvalue weighted by Gasteiger charge is -2.26. The summed E-state index contributed by atoms with van der Waals surface area (Å²) in [5.74, 6) is 0. The topological polar surface area (TPSA) is 16.4 Å². The molecule has 0 aliphatic carbocycles. The summed E-state index contributed by atoms with van der Waals surface area (Å²) >= 11 is 1.86. The minimum atomic E-state index is 0.907. The molecule has 0 bridgehead atoms. The van der Waals surface area contributed by atoms with Crippen molar-refractivity contribution in [3.63, 3.8) is 0 Å². The first-order chi connectivity index (χ1) is 24.3. The van der Waals surface area contributed by atoms with E-state index < -0.39 is 0 Å². The molecule has 0 spiro atoms. The van der Waals surface area contributed by atoms with E-state index in [4.69, 9.17) is 4.42 Å². The van der Waals surface area contributed by atoms with Crippen LogP contribution in [0.25, 0.3) is 75.1 Å². The van der Waals surface area contributed by atoms with E-state index in [1.54, 1.807) is 0 Å². The van der Waals surface area contributed by atoms with Crippen LogP contribution in [0.1, 0.15) is 0 Å². The Hall–Kier alpha value is -6.16. The summed E-state index contributed by atoms with van der Waals surface area (Å²) in [7, 11) is 0. The smallest absolute Gasteiger partial charge is 0.143 e. The lowest BCUT2D eigenvalue weighted by Crippen LogP contribution is -2.09. The van der Waals surface area contributed by atoms with Gasteiger partial charge in [-0.3, -0.25) is 0 Å². The molecule has 0 fully saturated rings. The second-order valence-electron chi connectivity index (χ2n) is 12.5. The third kappa shape index (κ3) is 4.55. The molecule has 0 aliphatic rings.